The molecule has 4 rings (SSSR count). The lowest BCUT2D eigenvalue weighted by atomic mass is 10.1. The van der Waals surface area contributed by atoms with Crippen molar-refractivity contribution in [2.45, 2.75) is 32.4 Å². The van der Waals surface area contributed by atoms with Crippen molar-refractivity contribution in [2.75, 3.05) is 5.32 Å². The number of urea groups is 1. The normalized spacial score (nSPS) is 14.6. The van der Waals surface area contributed by atoms with Crippen LogP contribution in [0.15, 0.2) is 66.2 Å². The number of benzene rings is 2. The number of rotatable bonds is 6. The molecule has 2 amide bonds. The van der Waals surface area contributed by atoms with Crippen molar-refractivity contribution >= 4 is 23.1 Å². The average Bonchev–Trinajstić information content (AvgIpc) is 3.40. The molecule has 1 aliphatic carbocycles. The Hall–Kier alpha value is -2.66. The van der Waals surface area contributed by atoms with Gasteiger partial charge in [0, 0.05) is 35.4 Å². The fraction of sp³-hybridized carbons (Fsp3) is 0.273. The van der Waals surface area contributed by atoms with Crippen LogP contribution in [0.5, 0.6) is 0 Å². The van der Waals surface area contributed by atoms with Crippen LogP contribution in [0, 0.1) is 5.92 Å². The van der Waals surface area contributed by atoms with Crippen molar-refractivity contribution in [1.29, 1.82) is 0 Å². The van der Waals surface area contributed by atoms with E-state index in [1.54, 1.807) is 17.5 Å². The van der Waals surface area contributed by atoms with Crippen LogP contribution in [-0.4, -0.2) is 22.0 Å². The molecule has 0 bridgehead atoms. The first-order valence-electron chi connectivity index (χ1n) is 9.32. The van der Waals surface area contributed by atoms with E-state index in [0.717, 1.165) is 21.8 Å². The zero-order valence-electron chi connectivity index (χ0n) is 15.3. The van der Waals surface area contributed by atoms with E-state index in [1.165, 1.54) is 12.8 Å². The Kier molecular flexibility index (Phi) is 5.21. The van der Waals surface area contributed by atoms with Crippen LogP contribution in [0.1, 0.15) is 25.3 Å². The van der Waals surface area contributed by atoms with Crippen LogP contribution in [0.25, 0.3) is 10.6 Å². The van der Waals surface area contributed by atoms with Crippen LogP contribution in [-0.2, 0) is 6.54 Å². The maximum absolute atomic E-state index is 13.1. The molecule has 0 spiro atoms. The summed E-state index contributed by atoms with van der Waals surface area (Å²) in [6, 6.07) is 18.3. The van der Waals surface area contributed by atoms with Gasteiger partial charge in [0.15, 0.2) is 0 Å². The molecule has 1 atom stereocenters. The van der Waals surface area contributed by atoms with Crippen molar-refractivity contribution < 1.29 is 4.79 Å². The number of aromatic nitrogens is 1. The van der Waals surface area contributed by atoms with E-state index >= 15 is 0 Å². The highest BCUT2D eigenvalue weighted by Gasteiger charge is 2.34. The van der Waals surface area contributed by atoms with Crippen LogP contribution < -0.4 is 5.32 Å². The summed E-state index contributed by atoms with van der Waals surface area (Å²) >= 11 is 1.59. The average molecular weight is 378 g/mol. The smallest absolute Gasteiger partial charge is 0.317 e. The predicted molar refractivity (Wildman–Crippen MR) is 111 cm³/mol. The van der Waals surface area contributed by atoms with Gasteiger partial charge in [-0.15, -0.1) is 11.3 Å². The third kappa shape index (κ3) is 4.37. The van der Waals surface area contributed by atoms with Gasteiger partial charge in [-0.2, -0.15) is 0 Å². The number of anilines is 1. The maximum Gasteiger partial charge on any atom is 0.322 e. The maximum atomic E-state index is 13.1. The minimum Gasteiger partial charge on any atom is -0.317 e. The second kappa shape index (κ2) is 7.92. The monoisotopic (exact) mass is 377 g/mol. The summed E-state index contributed by atoms with van der Waals surface area (Å²) < 4.78 is 0. The quantitative estimate of drug-likeness (QED) is 0.604. The molecule has 1 saturated carbocycles. The van der Waals surface area contributed by atoms with E-state index in [4.69, 9.17) is 0 Å². The number of amides is 2. The SMILES string of the molecule is CC(C1CC1)N(Cc1ccccc1)C(=O)Nc1cccc(-c2nccs2)c1. The Balaban J connectivity index is 1.52. The van der Waals surface area contributed by atoms with E-state index in [0.29, 0.717) is 12.5 Å². The number of hydrogen-bond donors (Lipinski definition) is 1. The topological polar surface area (TPSA) is 45.2 Å². The molecular weight excluding hydrogens is 354 g/mol. The van der Waals surface area contributed by atoms with Crippen molar-refractivity contribution in [3.63, 3.8) is 0 Å². The molecule has 0 aliphatic heterocycles. The molecule has 1 fully saturated rings. The molecule has 1 heterocycles. The largest absolute Gasteiger partial charge is 0.322 e. The third-order valence-electron chi connectivity index (χ3n) is 5.05. The first-order valence-corrected chi connectivity index (χ1v) is 10.2. The molecule has 5 heteroatoms. The van der Waals surface area contributed by atoms with E-state index < -0.39 is 0 Å². The summed E-state index contributed by atoms with van der Waals surface area (Å²) in [5.74, 6) is 0.612. The minimum absolute atomic E-state index is 0.0467. The third-order valence-corrected chi connectivity index (χ3v) is 5.87. The minimum atomic E-state index is -0.0467. The van der Waals surface area contributed by atoms with Crippen LogP contribution in [0.4, 0.5) is 10.5 Å². The van der Waals surface area contributed by atoms with Crippen molar-refractivity contribution in [1.82, 2.24) is 9.88 Å². The molecule has 1 N–H and O–H groups in total. The highest BCUT2D eigenvalue weighted by Crippen LogP contribution is 2.36. The van der Waals surface area contributed by atoms with Gasteiger partial charge in [-0.05, 0) is 43.4 Å². The van der Waals surface area contributed by atoms with Crippen molar-refractivity contribution in [2.24, 2.45) is 5.92 Å². The van der Waals surface area contributed by atoms with E-state index in [1.807, 2.05) is 52.7 Å². The zero-order valence-corrected chi connectivity index (χ0v) is 16.2. The number of carbonyl (C=O) groups is 1. The number of carbonyl (C=O) groups excluding carboxylic acids is 1. The number of hydrogen-bond acceptors (Lipinski definition) is 3. The molecule has 27 heavy (non-hydrogen) atoms. The van der Waals surface area contributed by atoms with E-state index in [9.17, 15) is 4.79 Å². The molecule has 138 valence electrons. The van der Waals surface area contributed by atoms with Gasteiger partial charge in [0.05, 0.1) is 0 Å². The summed E-state index contributed by atoms with van der Waals surface area (Å²) in [5, 5.41) is 6.01. The summed E-state index contributed by atoms with van der Waals surface area (Å²) in [7, 11) is 0. The Morgan fingerprint density at radius 1 is 1.22 bits per heavy atom. The summed E-state index contributed by atoms with van der Waals surface area (Å²) in [4.78, 5) is 19.4. The first kappa shape index (κ1) is 17.7. The predicted octanol–water partition coefficient (Wildman–Crippen LogP) is 5.64. The molecule has 1 unspecified atom stereocenters. The molecule has 3 aromatic rings. The lowest BCUT2D eigenvalue weighted by Gasteiger charge is -2.30. The molecule has 1 aliphatic rings. The zero-order chi connectivity index (χ0) is 18.6. The van der Waals surface area contributed by atoms with Gasteiger partial charge in [0.2, 0.25) is 0 Å². The van der Waals surface area contributed by atoms with Crippen LogP contribution in [0.2, 0.25) is 0 Å². The van der Waals surface area contributed by atoms with Gasteiger partial charge in [0.25, 0.3) is 0 Å². The second-order valence-corrected chi connectivity index (χ2v) is 7.93. The fourth-order valence-electron chi connectivity index (χ4n) is 3.31. The number of nitrogens with one attached hydrogen (secondary N) is 1. The van der Waals surface area contributed by atoms with Crippen LogP contribution in [0.3, 0.4) is 0 Å². The molecule has 1 aromatic heterocycles. The van der Waals surface area contributed by atoms with E-state index in [-0.39, 0.29) is 12.1 Å². The van der Waals surface area contributed by atoms with Crippen molar-refractivity contribution in [3.05, 3.63) is 71.7 Å². The molecule has 2 aromatic carbocycles. The van der Waals surface area contributed by atoms with Gasteiger partial charge in [-0.1, -0.05) is 42.5 Å². The highest BCUT2D eigenvalue weighted by atomic mass is 32.1. The van der Waals surface area contributed by atoms with Gasteiger partial charge < -0.3 is 10.2 Å². The first-order chi connectivity index (χ1) is 13.2. The highest BCUT2D eigenvalue weighted by molar-refractivity contribution is 7.13. The van der Waals surface area contributed by atoms with Gasteiger partial charge in [-0.25, -0.2) is 9.78 Å². The van der Waals surface area contributed by atoms with Gasteiger partial charge >= 0.3 is 6.03 Å². The number of thiazole rings is 1. The standard InChI is InChI=1S/C22H23N3OS/c1-16(18-10-11-18)25(15-17-6-3-2-4-7-17)22(26)24-20-9-5-8-19(14-20)21-23-12-13-27-21/h2-9,12-14,16,18H,10-11,15H2,1H3,(H,24,26). The van der Waals surface area contributed by atoms with Crippen LogP contribution >= 0.6 is 11.3 Å². The molecule has 0 saturated heterocycles. The second-order valence-electron chi connectivity index (χ2n) is 7.04. The van der Waals surface area contributed by atoms with Gasteiger partial charge in [0.1, 0.15) is 5.01 Å². The Labute approximate surface area is 163 Å². The fourth-order valence-corrected chi connectivity index (χ4v) is 3.94. The molecule has 0 radical (unpaired) electrons. The Bertz CT molecular complexity index is 891. The summed E-state index contributed by atoms with van der Waals surface area (Å²) in [6.07, 6.45) is 4.21. The lowest BCUT2D eigenvalue weighted by molar-refractivity contribution is 0.181. The molecule has 4 nitrogen and oxygen atoms in total. The summed E-state index contributed by atoms with van der Waals surface area (Å²) in [6.45, 7) is 2.78. The Morgan fingerprint density at radius 3 is 2.74 bits per heavy atom. The summed E-state index contributed by atoms with van der Waals surface area (Å²) in [5.41, 5.74) is 2.97. The molecular formula is C22H23N3OS. The lowest BCUT2D eigenvalue weighted by Crippen LogP contribution is -2.42. The van der Waals surface area contributed by atoms with E-state index in [2.05, 4.69) is 29.4 Å². The van der Waals surface area contributed by atoms with Gasteiger partial charge in [-0.3, -0.25) is 0 Å². The number of nitrogens with zero attached hydrogens (tertiary/aromatic N) is 2. The van der Waals surface area contributed by atoms with Crippen molar-refractivity contribution in [3.8, 4) is 10.6 Å². The Morgan fingerprint density at radius 2 is 2.04 bits per heavy atom.